The molecule has 2 heterocycles. The van der Waals surface area contributed by atoms with Gasteiger partial charge in [-0.2, -0.15) is 0 Å². The van der Waals surface area contributed by atoms with Gasteiger partial charge in [0.15, 0.2) is 5.13 Å². The smallest absolute Gasteiger partial charge is 0.309 e. The molecular weight excluding hydrogens is 280 g/mol. The van der Waals surface area contributed by atoms with Gasteiger partial charge < -0.3 is 10.4 Å². The van der Waals surface area contributed by atoms with Crippen molar-refractivity contribution in [3.63, 3.8) is 0 Å². The third-order valence-electron chi connectivity index (χ3n) is 2.59. The van der Waals surface area contributed by atoms with Crippen molar-refractivity contribution in [3.05, 3.63) is 40.7 Å². The van der Waals surface area contributed by atoms with Crippen molar-refractivity contribution < 1.29 is 9.90 Å². The van der Waals surface area contributed by atoms with Gasteiger partial charge in [-0.15, -0.1) is 22.7 Å². The first-order valence-corrected chi connectivity index (χ1v) is 7.37. The molecule has 0 aliphatic carbocycles. The lowest BCUT2D eigenvalue weighted by Crippen LogP contribution is -2.00. The van der Waals surface area contributed by atoms with Crippen LogP contribution in [0.4, 0.5) is 10.8 Å². The summed E-state index contributed by atoms with van der Waals surface area (Å²) in [6.45, 7) is 0. The van der Waals surface area contributed by atoms with Gasteiger partial charge in [-0.1, -0.05) is 0 Å². The molecule has 6 heteroatoms. The van der Waals surface area contributed by atoms with Crippen LogP contribution in [0.3, 0.4) is 0 Å². The van der Waals surface area contributed by atoms with Gasteiger partial charge in [0, 0.05) is 15.8 Å². The summed E-state index contributed by atoms with van der Waals surface area (Å²) in [5.41, 5.74) is 1.54. The molecule has 3 aromatic rings. The van der Waals surface area contributed by atoms with Crippen LogP contribution in [0.2, 0.25) is 0 Å². The van der Waals surface area contributed by atoms with Crippen LogP contribution in [-0.4, -0.2) is 16.1 Å². The Labute approximate surface area is 117 Å². The van der Waals surface area contributed by atoms with E-state index >= 15 is 0 Å². The van der Waals surface area contributed by atoms with Crippen LogP contribution in [0.15, 0.2) is 35.0 Å². The minimum Gasteiger partial charge on any atom is -0.481 e. The third-order valence-corrected chi connectivity index (χ3v) is 4.29. The number of fused-ring (bicyclic) bond motifs is 1. The number of aliphatic carboxylic acids is 1. The average molecular weight is 290 g/mol. The van der Waals surface area contributed by atoms with Crippen LogP contribution >= 0.6 is 22.7 Å². The van der Waals surface area contributed by atoms with E-state index in [-0.39, 0.29) is 6.42 Å². The number of nitrogens with one attached hydrogen (secondary N) is 1. The molecule has 0 aliphatic rings. The number of carboxylic acid groups (broad SMARTS) is 1. The summed E-state index contributed by atoms with van der Waals surface area (Å²) in [4.78, 5) is 14.8. The molecule has 3 rings (SSSR count). The maximum absolute atomic E-state index is 10.6. The number of carboxylic acids is 1. The molecule has 2 N–H and O–H groups in total. The van der Waals surface area contributed by atoms with E-state index in [4.69, 9.17) is 5.11 Å². The number of carbonyl (C=O) groups is 1. The SMILES string of the molecule is O=C(O)Cc1csc(Nc2ccc3sccc3c2)n1. The molecular formula is C13H10N2O2S2. The Morgan fingerprint density at radius 1 is 1.32 bits per heavy atom. The van der Waals surface area contributed by atoms with Gasteiger partial charge in [0.1, 0.15) is 0 Å². The molecule has 4 nitrogen and oxygen atoms in total. The lowest BCUT2D eigenvalue weighted by Gasteiger charge is -2.02. The number of thiophene rings is 1. The van der Waals surface area contributed by atoms with Gasteiger partial charge >= 0.3 is 5.97 Å². The number of anilines is 2. The average Bonchev–Trinajstić information content (AvgIpc) is 2.97. The Bertz CT molecular complexity index is 733. The van der Waals surface area contributed by atoms with Crippen molar-refractivity contribution in [1.82, 2.24) is 4.98 Å². The highest BCUT2D eigenvalue weighted by molar-refractivity contribution is 7.17. The second-order valence-electron chi connectivity index (χ2n) is 4.01. The highest BCUT2D eigenvalue weighted by Gasteiger charge is 2.06. The quantitative estimate of drug-likeness (QED) is 0.768. The summed E-state index contributed by atoms with van der Waals surface area (Å²) in [7, 11) is 0. The monoisotopic (exact) mass is 290 g/mol. The third kappa shape index (κ3) is 2.74. The summed E-state index contributed by atoms with van der Waals surface area (Å²) in [6, 6.07) is 8.19. The molecule has 0 radical (unpaired) electrons. The molecule has 19 heavy (non-hydrogen) atoms. The van der Waals surface area contributed by atoms with Crippen molar-refractivity contribution in [1.29, 1.82) is 0 Å². The predicted molar refractivity (Wildman–Crippen MR) is 78.6 cm³/mol. The molecule has 0 amide bonds. The molecule has 0 fully saturated rings. The van der Waals surface area contributed by atoms with Crippen LogP contribution in [0, 0.1) is 0 Å². The van der Waals surface area contributed by atoms with Crippen LogP contribution in [0.5, 0.6) is 0 Å². The Morgan fingerprint density at radius 3 is 3.05 bits per heavy atom. The van der Waals surface area contributed by atoms with E-state index in [1.165, 1.54) is 21.4 Å². The van der Waals surface area contributed by atoms with Crippen molar-refractivity contribution in [2.24, 2.45) is 0 Å². The Balaban J connectivity index is 1.80. The van der Waals surface area contributed by atoms with Crippen molar-refractivity contribution in [3.8, 4) is 0 Å². The summed E-state index contributed by atoms with van der Waals surface area (Å²) >= 11 is 3.12. The highest BCUT2D eigenvalue weighted by atomic mass is 32.1. The fraction of sp³-hybridized carbons (Fsp3) is 0.0769. The second kappa shape index (κ2) is 4.99. The van der Waals surface area contributed by atoms with E-state index in [0.29, 0.717) is 10.8 Å². The van der Waals surface area contributed by atoms with E-state index in [9.17, 15) is 4.79 Å². The van der Waals surface area contributed by atoms with Crippen LogP contribution in [0.25, 0.3) is 10.1 Å². The molecule has 0 aliphatic heterocycles. The number of benzene rings is 1. The number of nitrogens with zero attached hydrogens (tertiary/aromatic N) is 1. The Kier molecular flexibility index (Phi) is 3.18. The number of hydrogen-bond acceptors (Lipinski definition) is 5. The highest BCUT2D eigenvalue weighted by Crippen LogP contribution is 2.27. The maximum Gasteiger partial charge on any atom is 0.309 e. The zero-order valence-electron chi connectivity index (χ0n) is 9.79. The summed E-state index contributed by atoms with van der Waals surface area (Å²) < 4.78 is 1.25. The van der Waals surface area contributed by atoms with Crippen LogP contribution in [0.1, 0.15) is 5.69 Å². The summed E-state index contributed by atoms with van der Waals surface area (Å²) in [5.74, 6) is -0.864. The van der Waals surface area contributed by atoms with E-state index in [1.807, 2.05) is 6.07 Å². The summed E-state index contributed by atoms with van der Waals surface area (Å²) in [5, 5.41) is 17.6. The van der Waals surface area contributed by atoms with Gasteiger partial charge in [-0.05, 0) is 35.0 Å². The molecule has 1 aromatic carbocycles. The van der Waals surface area contributed by atoms with Gasteiger partial charge in [0.25, 0.3) is 0 Å². The number of rotatable bonds is 4. The first kappa shape index (κ1) is 12.1. The molecule has 0 saturated carbocycles. The predicted octanol–water partition coefficient (Wildman–Crippen LogP) is 3.73. The maximum atomic E-state index is 10.6. The Hall–Kier alpha value is -1.92. The van der Waals surface area contributed by atoms with E-state index in [0.717, 1.165) is 5.69 Å². The van der Waals surface area contributed by atoms with Gasteiger partial charge in [-0.25, -0.2) is 4.98 Å². The van der Waals surface area contributed by atoms with Crippen molar-refractivity contribution in [2.75, 3.05) is 5.32 Å². The Morgan fingerprint density at radius 2 is 2.21 bits per heavy atom. The minimum absolute atomic E-state index is 0.0399. The summed E-state index contributed by atoms with van der Waals surface area (Å²) in [6.07, 6.45) is -0.0399. The second-order valence-corrected chi connectivity index (χ2v) is 5.82. The lowest BCUT2D eigenvalue weighted by atomic mass is 10.2. The van der Waals surface area contributed by atoms with Crippen molar-refractivity contribution >= 4 is 49.5 Å². The zero-order valence-corrected chi connectivity index (χ0v) is 11.4. The van der Waals surface area contributed by atoms with E-state index in [2.05, 4.69) is 33.9 Å². The van der Waals surface area contributed by atoms with Gasteiger partial charge in [0.2, 0.25) is 0 Å². The number of aromatic nitrogens is 1. The largest absolute Gasteiger partial charge is 0.481 e. The molecule has 96 valence electrons. The fourth-order valence-electron chi connectivity index (χ4n) is 1.77. The molecule has 0 atom stereocenters. The van der Waals surface area contributed by atoms with Crippen molar-refractivity contribution in [2.45, 2.75) is 6.42 Å². The van der Waals surface area contributed by atoms with Crippen LogP contribution in [-0.2, 0) is 11.2 Å². The fourth-order valence-corrected chi connectivity index (χ4v) is 3.27. The lowest BCUT2D eigenvalue weighted by molar-refractivity contribution is -0.136. The number of thiazole rings is 1. The van der Waals surface area contributed by atoms with Crippen LogP contribution < -0.4 is 5.32 Å². The normalized spacial score (nSPS) is 10.7. The first-order chi connectivity index (χ1) is 9.20. The zero-order chi connectivity index (χ0) is 13.2. The standard InChI is InChI=1S/C13H10N2O2S2/c16-12(17)6-10-7-19-13(15-10)14-9-1-2-11-8(5-9)3-4-18-11/h1-5,7H,6H2,(H,14,15)(H,16,17). The molecule has 2 aromatic heterocycles. The first-order valence-electron chi connectivity index (χ1n) is 5.61. The molecule has 0 saturated heterocycles. The molecule has 0 bridgehead atoms. The topological polar surface area (TPSA) is 62.2 Å². The number of hydrogen-bond donors (Lipinski definition) is 2. The molecule has 0 unspecified atom stereocenters. The van der Waals surface area contributed by atoms with E-state index < -0.39 is 5.97 Å². The van der Waals surface area contributed by atoms with Gasteiger partial charge in [0.05, 0.1) is 12.1 Å². The minimum atomic E-state index is -0.864. The molecule has 0 spiro atoms. The van der Waals surface area contributed by atoms with E-state index in [1.54, 1.807) is 16.7 Å². The van der Waals surface area contributed by atoms with Gasteiger partial charge in [-0.3, -0.25) is 4.79 Å².